The Hall–Kier alpha value is -2.30. The van der Waals surface area contributed by atoms with Gasteiger partial charge >= 0.3 is 0 Å². The summed E-state index contributed by atoms with van der Waals surface area (Å²) in [6, 6.07) is 17.4. The van der Waals surface area contributed by atoms with E-state index in [1.807, 2.05) is 48.5 Å². The number of benzene rings is 2. The van der Waals surface area contributed by atoms with Gasteiger partial charge < -0.3 is 10.6 Å². The molecule has 25 heavy (non-hydrogen) atoms. The molecule has 0 saturated heterocycles. The zero-order valence-corrected chi connectivity index (χ0v) is 15.1. The minimum Gasteiger partial charge on any atom is -0.370 e. The van der Waals surface area contributed by atoms with Gasteiger partial charge in [0.1, 0.15) is 5.82 Å². The third-order valence-electron chi connectivity index (χ3n) is 3.66. The molecule has 0 unspecified atom stereocenters. The van der Waals surface area contributed by atoms with Crippen molar-refractivity contribution in [1.82, 2.24) is 9.97 Å². The molecule has 0 aliphatic carbocycles. The fourth-order valence-electron chi connectivity index (χ4n) is 2.39. The first kappa shape index (κ1) is 17.5. The van der Waals surface area contributed by atoms with Crippen LogP contribution in [0.2, 0.25) is 10.0 Å². The third-order valence-corrected chi connectivity index (χ3v) is 4.26. The molecule has 0 fully saturated rings. The van der Waals surface area contributed by atoms with Crippen LogP contribution >= 0.6 is 23.2 Å². The Balaban J connectivity index is 1.53. The predicted molar refractivity (Wildman–Crippen MR) is 104 cm³/mol. The van der Waals surface area contributed by atoms with Crippen molar-refractivity contribution in [3.8, 4) is 0 Å². The van der Waals surface area contributed by atoms with E-state index in [1.54, 1.807) is 6.20 Å². The van der Waals surface area contributed by atoms with E-state index in [2.05, 4.69) is 26.7 Å². The first-order chi connectivity index (χ1) is 12.2. The van der Waals surface area contributed by atoms with Crippen LogP contribution in [0.3, 0.4) is 0 Å². The second-order valence-corrected chi connectivity index (χ2v) is 6.36. The van der Waals surface area contributed by atoms with E-state index in [4.69, 9.17) is 23.2 Å². The van der Waals surface area contributed by atoms with E-state index in [1.165, 1.54) is 5.56 Å². The van der Waals surface area contributed by atoms with Gasteiger partial charge in [-0.25, -0.2) is 4.98 Å². The number of nitrogens with zero attached hydrogens (tertiary/aromatic N) is 2. The van der Waals surface area contributed by atoms with E-state index in [-0.39, 0.29) is 0 Å². The Morgan fingerprint density at radius 2 is 1.80 bits per heavy atom. The molecule has 0 aliphatic rings. The summed E-state index contributed by atoms with van der Waals surface area (Å²) in [6.45, 7) is 1.34. The fraction of sp³-hybridized carbons (Fsp3) is 0.158. The predicted octanol–water partition coefficient (Wildman–Crippen LogP) is 5.05. The first-order valence-electron chi connectivity index (χ1n) is 7.99. The Kier molecular flexibility index (Phi) is 6.09. The molecular weight excluding hydrogens is 355 g/mol. The number of halogens is 2. The van der Waals surface area contributed by atoms with Crippen molar-refractivity contribution in [3.05, 3.63) is 82.0 Å². The Morgan fingerprint density at radius 1 is 0.920 bits per heavy atom. The van der Waals surface area contributed by atoms with E-state index < -0.39 is 0 Å². The van der Waals surface area contributed by atoms with Gasteiger partial charge in [-0.2, -0.15) is 4.98 Å². The number of hydrogen-bond acceptors (Lipinski definition) is 4. The number of anilines is 2. The second kappa shape index (κ2) is 8.70. The summed E-state index contributed by atoms with van der Waals surface area (Å²) in [6.07, 6.45) is 2.59. The molecule has 0 atom stereocenters. The van der Waals surface area contributed by atoms with E-state index in [0.717, 1.165) is 34.4 Å². The zero-order valence-electron chi connectivity index (χ0n) is 13.5. The van der Waals surface area contributed by atoms with Crippen LogP contribution in [-0.4, -0.2) is 16.5 Å². The van der Waals surface area contributed by atoms with Crippen LogP contribution in [0.15, 0.2) is 60.8 Å². The van der Waals surface area contributed by atoms with Crippen molar-refractivity contribution >= 4 is 35.0 Å². The van der Waals surface area contributed by atoms with Gasteiger partial charge in [0.25, 0.3) is 0 Å². The largest absolute Gasteiger partial charge is 0.370 e. The number of nitrogens with one attached hydrogen (secondary N) is 2. The van der Waals surface area contributed by atoms with Gasteiger partial charge in [-0.15, -0.1) is 0 Å². The van der Waals surface area contributed by atoms with Crippen molar-refractivity contribution in [2.45, 2.75) is 13.0 Å². The standard InChI is InChI=1S/C19H18Cl2N4/c20-16-6-3-4-14(12-16)8-10-22-18-9-11-23-19(25-18)24-13-15-5-1-2-7-17(15)21/h1-7,9,11-12H,8,10,13H2,(H2,22,23,24,25). The topological polar surface area (TPSA) is 49.8 Å². The minimum absolute atomic E-state index is 0.563. The lowest BCUT2D eigenvalue weighted by Crippen LogP contribution is -2.09. The highest BCUT2D eigenvalue weighted by molar-refractivity contribution is 6.31. The average Bonchev–Trinajstić information content (AvgIpc) is 2.62. The van der Waals surface area contributed by atoms with Crippen molar-refractivity contribution in [3.63, 3.8) is 0 Å². The smallest absolute Gasteiger partial charge is 0.224 e. The zero-order chi connectivity index (χ0) is 17.5. The Morgan fingerprint density at radius 3 is 2.64 bits per heavy atom. The third kappa shape index (κ3) is 5.34. The van der Waals surface area contributed by atoms with Gasteiger partial charge in [0.05, 0.1) is 0 Å². The molecule has 0 radical (unpaired) electrons. The molecule has 0 bridgehead atoms. The normalized spacial score (nSPS) is 10.5. The van der Waals surface area contributed by atoms with Crippen LogP contribution < -0.4 is 10.6 Å². The molecule has 4 nitrogen and oxygen atoms in total. The molecule has 2 N–H and O–H groups in total. The number of aromatic nitrogens is 2. The lowest BCUT2D eigenvalue weighted by molar-refractivity contribution is 0.991. The SMILES string of the molecule is Clc1cccc(CCNc2ccnc(NCc3ccccc3Cl)n2)c1. The van der Waals surface area contributed by atoms with Gasteiger partial charge in [-0.05, 0) is 41.8 Å². The van der Waals surface area contributed by atoms with Gasteiger partial charge in [-0.3, -0.25) is 0 Å². The maximum Gasteiger partial charge on any atom is 0.224 e. The van der Waals surface area contributed by atoms with Crippen molar-refractivity contribution in [2.24, 2.45) is 0 Å². The quantitative estimate of drug-likeness (QED) is 0.609. The van der Waals surface area contributed by atoms with Crippen LogP contribution in [0.1, 0.15) is 11.1 Å². The van der Waals surface area contributed by atoms with Gasteiger partial charge in [-0.1, -0.05) is 53.5 Å². The summed E-state index contributed by atoms with van der Waals surface area (Å²) in [4.78, 5) is 8.70. The number of rotatable bonds is 7. The molecule has 3 rings (SSSR count). The van der Waals surface area contributed by atoms with Gasteiger partial charge in [0, 0.05) is 29.3 Å². The molecule has 6 heteroatoms. The summed E-state index contributed by atoms with van der Waals surface area (Å²) in [7, 11) is 0. The average molecular weight is 373 g/mol. The van der Waals surface area contributed by atoms with E-state index in [9.17, 15) is 0 Å². The maximum atomic E-state index is 6.16. The van der Waals surface area contributed by atoms with Gasteiger partial charge in [0.2, 0.25) is 5.95 Å². The highest BCUT2D eigenvalue weighted by atomic mass is 35.5. The van der Waals surface area contributed by atoms with Crippen LogP contribution in [0, 0.1) is 0 Å². The molecule has 0 spiro atoms. The minimum atomic E-state index is 0.563. The Bertz CT molecular complexity index is 839. The fourth-order valence-corrected chi connectivity index (χ4v) is 2.80. The molecule has 128 valence electrons. The lowest BCUT2D eigenvalue weighted by Gasteiger charge is -2.09. The van der Waals surface area contributed by atoms with Crippen molar-refractivity contribution in [1.29, 1.82) is 0 Å². The highest BCUT2D eigenvalue weighted by Crippen LogP contribution is 2.16. The Labute approximate surface area is 157 Å². The molecule has 0 saturated carbocycles. The van der Waals surface area contributed by atoms with E-state index in [0.29, 0.717) is 12.5 Å². The molecule has 1 heterocycles. The molecular formula is C19H18Cl2N4. The molecule has 1 aromatic heterocycles. The van der Waals surface area contributed by atoms with Crippen molar-refractivity contribution in [2.75, 3.05) is 17.2 Å². The van der Waals surface area contributed by atoms with Crippen LogP contribution in [-0.2, 0) is 13.0 Å². The summed E-state index contributed by atoms with van der Waals surface area (Å²) < 4.78 is 0. The second-order valence-electron chi connectivity index (χ2n) is 5.52. The van der Waals surface area contributed by atoms with Crippen LogP contribution in [0.25, 0.3) is 0 Å². The maximum absolute atomic E-state index is 6.16. The molecule has 3 aromatic rings. The summed E-state index contributed by atoms with van der Waals surface area (Å²) in [5.74, 6) is 1.34. The molecule has 2 aromatic carbocycles. The lowest BCUT2D eigenvalue weighted by atomic mass is 10.1. The number of hydrogen-bond donors (Lipinski definition) is 2. The summed E-state index contributed by atoms with van der Waals surface area (Å²) >= 11 is 12.2. The van der Waals surface area contributed by atoms with Crippen molar-refractivity contribution < 1.29 is 0 Å². The van der Waals surface area contributed by atoms with Crippen LogP contribution in [0.5, 0.6) is 0 Å². The summed E-state index contributed by atoms with van der Waals surface area (Å²) in [5.41, 5.74) is 2.19. The summed E-state index contributed by atoms with van der Waals surface area (Å²) in [5, 5.41) is 7.98. The highest BCUT2D eigenvalue weighted by Gasteiger charge is 2.02. The van der Waals surface area contributed by atoms with Crippen LogP contribution in [0.4, 0.5) is 11.8 Å². The first-order valence-corrected chi connectivity index (χ1v) is 8.75. The molecule has 0 amide bonds. The van der Waals surface area contributed by atoms with Gasteiger partial charge in [0.15, 0.2) is 0 Å². The monoisotopic (exact) mass is 372 g/mol. The molecule has 0 aliphatic heterocycles. The van der Waals surface area contributed by atoms with E-state index >= 15 is 0 Å².